The molecule has 1 saturated heterocycles. The Morgan fingerprint density at radius 1 is 1.26 bits per heavy atom. The predicted molar refractivity (Wildman–Crippen MR) is 93.8 cm³/mol. The number of fused-ring (bicyclic) bond motifs is 1. The lowest BCUT2D eigenvalue weighted by Crippen LogP contribution is -2.66. The van der Waals surface area contributed by atoms with Gasteiger partial charge < -0.3 is 25.2 Å². The molecule has 0 bridgehead atoms. The number of phenols is 1. The Hall–Kier alpha value is -3.23. The van der Waals surface area contributed by atoms with Crippen LogP contribution in [0.2, 0.25) is 0 Å². The van der Waals surface area contributed by atoms with Gasteiger partial charge in [0.2, 0.25) is 5.91 Å². The molecule has 0 aliphatic carbocycles. The van der Waals surface area contributed by atoms with Crippen molar-refractivity contribution in [2.45, 2.75) is 25.9 Å². The number of aromatic hydroxyl groups is 1. The summed E-state index contributed by atoms with van der Waals surface area (Å²) in [6, 6.07) is 4.01. The summed E-state index contributed by atoms with van der Waals surface area (Å²) in [6.07, 6.45) is -0.686. The van der Waals surface area contributed by atoms with Crippen molar-refractivity contribution in [2.24, 2.45) is 5.92 Å². The molecular weight excluding hydrogens is 354 g/mol. The number of nitrogens with one attached hydrogen (secondary N) is 3. The average Bonchev–Trinajstić information content (AvgIpc) is 2.60. The average molecular weight is 375 g/mol. The van der Waals surface area contributed by atoms with Gasteiger partial charge in [-0.1, -0.05) is 6.07 Å². The molecule has 3 rings (SSSR count). The summed E-state index contributed by atoms with van der Waals surface area (Å²) in [5.41, 5.74) is 1.37. The van der Waals surface area contributed by atoms with E-state index in [0.717, 1.165) is 0 Å². The molecule has 0 saturated carbocycles. The summed E-state index contributed by atoms with van der Waals surface area (Å²) in [4.78, 5) is 36.9. The fraction of sp³-hybridized carbons (Fsp3) is 0.389. The second-order valence-corrected chi connectivity index (χ2v) is 6.28. The smallest absolute Gasteiger partial charge is 0.336 e. The molecule has 4 N–H and O–H groups in total. The zero-order chi connectivity index (χ0) is 19.7. The number of carbonyl (C=O) groups excluding carboxylic acids is 3. The number of ether oxygens (including phenoxy) is 2. The van der Waals surface area contributed by atoms with E-state index in [4.69, 9.17) is 9.47 Å². The molecule has 1 aromatic carbocycles. The first-order chi connectivity index (χ1) is 12.9. The van der Waals surface area contributed by atoms with E-state index in [1.807, 2.05) is 0 Å². The van der Waals surface area contributed by atoms with Gasteiger partial charge in [0, 0.05) is 11.6 Å². The van der Waals surface area contributed by atoms with Crippen molar-refractivity contribution in [3.8, 4) is 11.5 Å². The van der Waals surface area contributed by atoms with E-state index in [0.29, 0.717) is 11.3 Å². The second kappa shape index (κ2) is 7.18. The monoisotopic (exact) mass is 375 g/mol. The Morgan fingerprint density at radius 3 is 2.67 bits per heavy atom. The first-order valence-electron chi connectivity index (χ1n) is 8.50. The summed E-state index contributed by atoms with van der Waals surface area (Å²) < 4.78 is 10.3. The lowest BCUT2D eigenvalue weighted by atomic mass is 9.74. The van der Waals surface area contributed by atoms with Gasteiger partial charge in [0.05, 0.1) is 25.2 Å². The van der Waals surface area contributed by atoms with Gasteiger partial charge in [-0.3, -0.25) is 10.1 Å². The maximum Gasteiger partial charge on any atom is 0.336 e. The minimum Gasteiger partial charge on any atom is -0.504 e. The number of benzene rings is 1. The third kappa shape index (κ3) is 3.27. The Bertz CT molecular complexity index is 834. The largest absolute Gasteiger partial charge is 0.504 e. The number of amides is 3. The van der Waals surface area contributed by atoms with Crippen LogP contribution in [0.5, 0.6) is 11.5 Å². The van der Waals surface area contributed by atoms with Crippen molar-refractivity contribution < 1.29 is 29.0 Å². The number of hydrogen-bond acceptors (Lipinski definition) is 7. The highest BCUT2D eigenvalue weighted by Gasteiger charge is 2.48. The number of rotatable bonds is 4. The van der Waals surface area contributed by atoms with Crippen LogP contribution in [0.4, 0.5) is 4.79 Å². The van der Waals surface area contributed by atoms with Crippen LogP contribution < -0.4 is 20.7 Å². The molecular formula is C18H21N3O6. The van der Waals surface area contributed by atoms with Gasteiger partial charge in [-0.25, -0.2) is 9.59 Å². The first-order valence-corrected chi connectivity index (χ1v) is 8.50. The van der Waals surface area contributed by atoms with Crippen molar-refractivity contribution in [1.82, 2.24) is 16.0 Å². The molecule has 3 atom stereocenters. The number of carbonyl (C=O) groups is 3. The molecule has 2 aliphatic rings. The molecule has 2 aliphatic heterocycles. The Morgan fingerprint density at radius 2 is 2.00 bits per heavy atom. The predicted octanol–water partition coefficient (Wildman–Crippen LogP) is 0.706. The van der Waals surface area contributed by atoms with Crippen molar-refractivity contribution >= 4 is 17.9 Å². The van der Waals surface area contributed by atoms with E-state index >= 15 is 0 Å². The molecule has 0 aromatic heterocycles. The van der Waals surface area contributed by atoms with Crippen LogP contribution in [0.15, 0.2) is 29.5 Å². The first kappa shape index (κ1) is 18.6. The van der Waals surface area contributed by atoms with Crippen LogP contribution in [-0.2, 0) is 14.3 Å². The third-order valence-electron chi connectivity index (χ3n) is 4.69. The standard InChI is InChI=1S/C18H21N3O6/c1-4-27-17(24)12-8(2)19-15-14(16(23)21-18(25)20-15)13(12)9-5-6-10(22)11(7-9)26-3/h5-7,13-15,19,22H,4H2,1-3H3,(H2,20,21,23,25). The normalized spacial score (nSPS) is 24.3. The third-order valence-corrected chi connectivity index (χ3v) is 4.69. The summed E-state index contributed by atoms with van der Waals surface area (Å²) in [6.45, 7) is 3.56. The van der Waals surface area contributed by atoms with Crippen molar-refractivity contribution in [3.63, 3.8) is 0 Å². The highest BCUT2D eigenvalue weighted by atomic mass is 16.5. The van der Waals surface area contributed by atoms with Gasteiger partial charge in [0.25, 0.3) is 0 Å². The molecule has 3 amide bonds. The Kier molecular flexibility index (Phi) is 4.93. The van der Waals surface area contributed by atoms with Crippen molar-refractivity contribution in [3.05, 3.63) is 35.0 Å². The zero-order valence-electron chi connectivity index (χ0n) is 15.2. The molecule has 9 nitrogen and oxygen atoms in total. The highest BCUT2D eigenvalue weighted by Crippen LogP contribution is 2.42. The fourth-order valence-electron chi connectivity index (χ4n) is 3.56. The Labute approximate surface area is 155 Å². The number of imide groups is 1. The zero-order valence-corrected chi connectivity index (χ0v) is 15.2. The second-order valence-electron chi connectivity index (χ2n) is 6.28. The van der Waals surface area contributed by atoms with E-state index in [1.165, 1.54) is 13.2 Å². The minimum atomic E-state index is -0.792. The lowest BCUT2D eigenvalue weighted by Gasteiger charge is -2.42. The van der Waals surface area contributed by atoms with Gasteiger partial charge in [-0.2, -0.15) is 0 Å². The highest BCUT2D eigenvalue weighted by molar-refractivity contribution is 6.01. The lowest BCUT2D eigenvalue weighted by molar-refractivity contribution is -0.139. The SMILES string of the molecule is CCOC(=O)C1=C(C)NC2NC(=O)NC(=O)C2C1c1ccc(O)c(OC)c1. The molecule has 9 heteroatoms. The van der Waals surface area contributed by atoms with Gasteiger partial charge in [-0.05, 0) is 31.5 Å². The maximum absolute atomic E-state index is 12.6. The van der Waals surface area contributed by atoms with Crippen LogP contribution >= 0.6 is 0 Å². The van der Waals surface area contributed by atoms with Crippen LogP contribution in [0, 0.1) is 5.92 Å². The molecule has 1 fully saturated rings. The summed E-state index contributed by atoms with van der Waals surface area (Å²) >= 11 is 0. The van der Waals surface area contributed by atoms with Crippen LogP contribution in [-0.4, -0.2) is 42.9 Å². The number of esters is 1. The van der Waals surface area contributed by atoms with Crippen molar-refractivity contribution in [1.29, 1.82) is 0 Å². The molecule has 0 spiro atoms. The maximum atomic E-state index is 12.6. The van der Waals surface area contributed by atoms with Gasteiger partial charge >= 0.3 is 12.0 Å². The fourth-order valence-corrected chi connectivity index (χ4v) is 3.56. The number of hydrogen-bond donors (Lipinski definition) is 4. The Balaban J connectivity index is 2.16. The van der Waals surface area contributed by atoms with Crippen LogP contribution in [0.25, 0.3) is 0 Å². The van der Waals surface area contributed by atoms with E-state index in [2.05, 4.69) is 16.0 Å². The molecule has 27 heavy (non-hydrogen) atoms. The molecule has 1 aromatic rings. The number of urea groups is 1. The molecule has 2 heterocycles. The van der Waals surface area contributed by atoms with E-state index in [9.17, 15) is 19.5 Å². The van der Waals surface area contributed by atoms with Crippen LogP contribution in [0.1, 0.15) is 25.3 Å². The topological polar surface area (TPSA) is 126 Å². The summed E-state index contributed by atoms with van der Waals surface area (Å²) in [5.74, 6) is -2.41. The molecule has 144 valence electrons. The minimum absolute atomic E-state index is 0.0634. The van der Waals surface area contributed by atoms with Crippen molar-refractivity contribution in [2.75, 3.05) is 13.7 Å². The van der Waals surface area contributed by atoms with E-state index < -0.39 is 35.9 Å². The van der Waals surface area contributed by atoms with Gasteiger partial charge in [0.15, 0.2) is 11.5 Å². The summed E-state index contributed by atoms with van der Waals surface area (Å²) in [5, 5.41) is 17.8. The summed E-state index contributed by atoms with van der Waals surface area (Å²) in [7, 11) is 1.41. The molecule has 3 unspecified atom stereocenters. The number of allylic oxidation sites excluding steroid dienone is 1. The number of phenolic OH excluding ortho intramolecular Hbond substituents is 1. The molecule has 0 radical (unpaired) electrons. The van der Waals surface area contributed by atoms with E-state index in [-0.39, 0.29) is 23.7 Å². The van der Waals surface area contributed by atoms with E-state index in [1.54, 1.807) is 26.0 Å². The van der Waals surface area contributed by atoms with Crippen LogP contribution in [0.3, 0.4) is 0 Å². The van der Waals surface area contributed by atoms with Gasteiger partial charge in [0.1, 0.15) is 6.17 Å². The quantitative estimate of drug-likeness (QED) is 0.571. The van der Waals surface area contributed by atoms with Gasteiger partial charge in [-0.15, -0.1) is 0 Å². The number of methoxy groups -OCH3 is 1.